The molecule has 0 aromatic heterocycles. The van der Waals surface area contributed by atoms with Gasteiger partial charge < -0.3 is 4.74 Å². The molecule has 0 heterocycles. The number of hydrogen-bond donors (Lipinski definition) is 1. The number of carbonyl (C=O) groups excluding carboxylic acids is 1. The second-order valence-corrected chi connectivity index (χ2v) is 4.08. The summed E-state index contributed by atoms with van der Waals surface area (Å²) in [6.45, 7) is 2.11. The van der Waals surface area contributed by atoms with Crippen molar-refractivity contribution in [3.05, 3.63) is 0 Å². The first-order valence-electron chi connectivity index (χ1n) is 5.24. The van der Waals surface area contributed by atoms with Gasteiger partial charge in [0.05, 0.1) is 0 Å². The molecule has 0 saturated heterocycles. The number of halogens is 2. The van der Waals surface area contributed by atoms with Crippen LogP contribution in [0.5, 0.6) is 0 Å². The van der Waals surface area contributed by atoms with Crippen molar-refractivity contribution in [2.45, 2.75) is 57.7 Å². The van der Waals surface area contributed by atoms with E-state index in [-0.39, 0.29) is 0 Å². The summed E-state index contributed by atoms with van der Waals surface area (Å²) in [5, 5.41) is 3.01. The summed E-state index contributed by atoms with van der Waals surface area (Å²) in [6, 6.07) is 0.290. The van der Waals surface area contributed by atoms with E-state index in [2.05, 4.69) is 10.1 Å². The standard InChI is InChI=1S/C10H17F2NO2/c1-7(13-8-5-3-4-6-8)15-9(14)10(2,11)12/h7-8,13H,3-6H2,1-2H3. The van der Waals surface area contributed by atoms with Crippen LogP contribution >= 0.6 is 0 Å². The molecule has 3 nitrogen and oxygen atoms in total. The zero-order valence-electron chi connectivity index (χ0n) is 9.06. The lowest BCUT2D eigenvalue weighted by Crippen LogP contribution is -2.41. The predicted molar refractivity (Wildman–Crippen MR) is 51.6 cm³/mol. The number of ether oxygens (including phenoxy) is 1. The number of hydrogen-bond acceptors (Lipinski definition) is 3. The molecule has 1 aliphatic carbocycles. The van der Waals surface area contributed by atoms with Crippen LogP contribution in [0, 0.1) is 0 Å². The van der Waals surface area contributed by atoms with Gasteiger partial charge in [0, 0.05) is 13.0 Å². The number of carbonyl (C=O) groups is 1. The van der Waals surface area contributed by atoms with Crippen LogP contribution in [-0.4, -0.2) is 24.2 Å². The van der Waals surface area contributed by atoms with E-state index in [9.17, 15) is 13.6 Å². The van der Waals surface area contributed by atoms with E-state index in [0.717, 1.165) is 25.7 Å². The maximum atomic E-state index is 12.5. The van der Waals surface area contributed by atoms with Crippen molar-refractivity contribution in [3.8, 4) is 0 Å². The smallest absolute Gasteiger partial charge is 0.378 e. The zero-order chi connectivity index (χ0) is 11.5. The first kappa shape index (κ1) is 12.4. The molecule has 1 saturated carbocycles. The number of esters is 1. The van der Waals surface area contributed by atoms with Gasteiger partial charge in [-0.15, -0.1) is 0 Å². The van der Waals surface area contributed by atoms with Crippen LogP contribution in [0.25, 0.3) is 0 Å². The third-order valence-corrected chi connectivity index (χ3v) is 2.47. The lowest BCUT2D eigenvalue weighted by Gasteiger charge is -2.20. The molecule has 5 heteroatoms. The van der Waals surface area contributed by atoms with Gasteiger partial charge in [0.15, 0.2) is 6.23 Å². The lowest BCUT2D eigenvalue weighted by atomic mass is 10.2. The van der Waals surface area contributed by atoms with Crippen LogP contribution in [-0.2, 0) is 9.53 Å². The van der Waals surface area contributed by atoms with Crippen LogP contribution in [0.15, 0.2) is 0 Å². The van der Waals surface area contributed by atoms with Crippen LogP contribution in [0.1, 0.15) is 39.5 Å². The highest BCUT2D eigenvalue weighted by atomic mass is 19.3. The summed E-state index contributed by atoms with van der Waals surface area (Å²) in [7, 11) is 0. The van der Waals surface area contributed by atoms with Crippen molar-refractivity contribution in [2.24, 2.45) is 0 Å². The van der Waals surface area contributed by atoms with Gasteiger partial charge in [-0.1, -0.05) is 12.8 Å². The highest BCUT2D eigenvalue weighted by Crippen LogP contribution is 2.19. The second kappa shape index (κ2) is 4.88. The summed E-state index contributed by atoms with van der Waals surface area (Å²) in [4.78, 5) is 10.8. The van der Waals surface area contributed by atoms with E-state index in [1.807, 2.05) is 0 Å². The molecule has 1 N–H and O–H groups in total. The molecule has 0 bridgehead atoms. The molecule has 0 spiro atoms. The minimum Gasteiger partial charge on any atom is -0.442 e. The number of nitrogens with one attached hydrogen (secondary N) is 1. The van der Waals surface area contributed by atoms with Crippen molar-refractivity contribution in [2.75, 3.05) is 0 Å². The first-order chi connectivity index (χ1) is 6.89. The third-order valence-electron chi connectivity index (χ3n) is 2.47. The Morgan fingerprint density at radius 2 is 2.00 bits per heavy atom. The van der Waals surface area contributed by atoms with Crippen LogP contribution in [0.3, 0.4) is 0 Å². The van der Waals surface area contributed by atoms with E-state index in [0.29, 0.717) is 13.0 Å². The van der Waals surface area contributed by atoms with Gasteiger partial charge in [0.25, 0.3) is 0 Å². The fourth-order valence-corrected chi connectivity index (χ4v) is 1.72. The van der Waals surface area contributed by atoms with Crippen molar-refractivity contribution in [1.29, 1.82) is 0 Å². The number of rotatable bonds is 4. The van der Waals surface area contributed by atoms with Crippen LogP contribution in [0.2, 0.25) is 0 Å². The summed E-state index contributed by atoms with van der Waals surface area (Å²) < 4.78 is 29.6. The predicted octanol–water partition coefficient (Wildman–Crippen LogP) is 2.06. The molecule has 0 radical (unpaired) electrons. The van der Waals surface area contributed by atoms with E-state index >= 15 is 0 Å². The molecule has 15 heavy (non-hydrogen) atoms. The molecule has 0 aromatic rings. The number of alkyl halides is 2. The summed E-state index contributed by atoms with van der Waals surface area (Å²) in [5.41, 5.74) is 0. The van der Waals surface area contributed by atoms with Gasteiger partial charge in [0.2, 0.25) is 0 Å². The van der Waals surface area contributed by atoms with Crippen molar-refractivity contribution >= 4 is 5.97 Å². The normalized spacial score (nSPS) is 20.3. The van der Waals surface area contributed by atoms with Crippen molar-refractivity contribution < 1.29 is 18.3 Å². The van der Waals surface area contributed by atoms with Gasteiger partial charge in [-0.05, 0) is 19.8 Å². The van der Waals surface area contributed by atoms with Gasteiger partial charge in [-0.2, -0.15) is 8.78 Å². The van der Waals surface area contributed by atoms with Gasteiger partial charge in [0.1, 0.15) is 0 Å². The van der Waals surface area contributed by atoms with Gasteiger partial charge >= 0.3 is 11.9 Å². The Labute approximate surface area is 88.2 Å². The van der Waals surface area contributed by atoms with E-state index < -0.39 is 18.1 Å². The Kier molecular flexibility index (Phi) is 4.02. The Hall–Kier alpha value is -0.710. The molecule has 0 aliphatic heterocycles. The highest BCUT2D eigenvalue weighted by molar-refractivity contribution is 5.77. The molecule has 1 rings (SSSR count). The Morgan fingerprint density at radius 1 is 1.47 bits per heavy atom. The summed E-state index contributed by atoms with van der Waals surface area (Å²) in [6.07, 6.45) is 3.67. The summed E-state index contributed by atoms with van der Waals surface area (Å²) in [5.74, 6) is -4.88. The second-order valence-electron chi connectivity index (χ2n) is 4.08. The van der Waals surface area contributed by atoms with Gasteiger partial charge in [-0.25, -0.2) is 4.79 Å². The van der Waals surface area contributed by atoms with E-state index in [4.69, 9.17) is 0 Å². The highest BCUT2D eigenvalue weighted by Gasteiger charge is 2.35. The largest absolute Gasteiger partial charge is 0.442 e. The average molecular weight is 221 g/mol. The summed E-state index contributed by atoms with van der Waals surface area (Å²) >= 11 is 0. The SMILES string of the molecule is CC(NC1CCCC1)OC(=O)C(C)(F)F. The van der Waals surface area contributed by atoms with Crippen molar-refractivity contribution in [1.82, 2.24) is 5.32 Å². The molecule has 1 unspecified atom stereocenters. The van der Waals surface area contributed by atoms with Gasteiger partial charge in [-0.3, -0.25) is 5.32 Å². The Balaban J connectivity index is 2.28. The molecule has 88 valence electrons. The van der Waals surface area contributed by atoms with E-state index in [1.165, 1.54) is 0 Å². The lowest BCUT2D eigenvalue weighted by molar-refractivity contribution is -0.176. The third kappa shape index (κ3) is 4.11. The van der Waals surface area contributed by atoms with Crippen molar-refractivity contribution in [3.63, 3.8) is 0 Å². The zero-order valence-corrected chi connectivity index (χ0v) is 9.06. The Morgan fingerprint density at radius 3 is 2.47 bits per heavy atom. The monoisotopic (exact) mass is 221 g/mol. The minimum absolute atomic E-state index is 0.290. The Bertz CT molecular complexity index is 222. The van der Waals surface area contributed by atoms with E-state index in [1.54, 1.807) is 6.92 Å². The average Bonchev–Trinajstić information content (AvgIpc) is 2.54. The fraction of sp³-hybridized carbons (Fsp3) is 0.900. The molecular formula is C10H17F2NO2. The molecule has 1 fully saturated rings. The molecule has 0 amide bonds. The maximum absolute atomic E-state index is 12.5. The van der Waals surface area contributed by atoms with Crippen LogP contribution in [0.4, 0.5) is 8.78 Å². The molecule has 1 aliphatic rings. The molecule has 1 atom stereocenters. The molecule has 0 aromatic carbocycles. The quantitative estimate of drug-likeness (QED) is 0.583. The molecular weight excluding hydrogens is 204 g/mol. The maximum Gasteiger partial charge on any atom is 0.378 e. The van der Waals surface area contributed by atoms with Crippen LogP contribution < -0.4 is 5.32 Å². The topological polar surface area (TPSA) is 38.3 Å². The minimum atomic E-state index is -3.41. The fourth-order valence-electron chi connectivity index (χ4n) is 1.72. The first-order valence-corrected chi connectivity index (χ1v) is 5.24.